The van der Waals surface area contributed by atoms with Crippen LogP contribution < -0.4 is 5.32 Å². The average Bonchev–Trinajstić information content (AvgIpc) is 2.91. The number of fused-ring (bicyclic) bond motifs is 2. The fourth-order valence-corrected chi connectivity index (χ4v) is 2.64. The zero-order chi connectivity index (χ0) is 12.7. The van der Waals surface area contributed by atoms with Gasteiger partial charge in [0.15, 0.2) is 11.5 Å². The highest BCUT2D eigenvalue weighted by atomic mass is 15.4. The molecule has 4 rings (SSSR count). The molecule has 0 spiro atoms. The Labute approximate surface area is 110 Å². The zero-order valence-electron chi connectivity index (χ0n) is 10.3. The second-order valence-corrected chi connectivity index (χ2v) is 4.79. The highest BCUT2D eigenvalue weighted by Crippen LogP contribution is 2.29. The van der Waals surface area contributed by atoms with Crippen molar-refractivity contribution in [2.24, 2.45) is 0 Å². The van der Waals surface area contributed by atoms with Crippen LogP contribution in [0.5, 0.6) is 0 Å². The van der Waals surface area contributed by atoms with Gasteiger partial charge < -0.3 is 5.32 Å². The van der Waals surface area contributed by atoms with Crippen molar-refractivity contribution in [2.45, 2.75) is 12.3 Å². The van der Waals surface area contributed by atoms with Crippen molar-refractivity contribution in [2.75, 3.05) is 11.9 Å². The molecule has 1 aromatic carbocycles. The van der Waals surface area contributed by atoms with Crippen molar-refractivity contribution in [3.8, 4) is 0 Å². The maximum Gasteiger partial charge on any atom is 0.177 e. The number of anilines is 1. The van der Waals surface area contributed by atoms with Gasteiger partial charge in [0.25, 0.3) is 0 Å². The Kier molecular flexibility index (Phi) is 2.24. The summed E-state index contributed by atoms with van der Waals surface area (Å²) >= 11 is 0. The van der Waals surface area contributed by atoms with Gasteiger partial charge >= 0.3 is 0 Å². The molecule has 0 fully saturated rings. The van der Waals surface area contributed by atoms with Crippen LogP contribution >= 0.6 is 0 Å². The summed E-state index contributed by atoms with van der Waals surface area (Å²) in [5.41, 5.74) is 3.35. The number of aromatic nitrogens is 4. The summed E-state index contributed by atoms with van der Waals surface area (Å²) in [7, 11) is 0. The van der Waals surface area contributed by atoms with Gasteiger partial charge in [-0.15, -0.1) is 10.2 Å². The molecule has 1 atom stereocenters. The first-order valence-electron chi connectivity index (χ1n) is 6.40. The molecule has 1 N–H and O–H groups in total. The minimum absolute atomic E-state index is 0.305. The third kappa shape index (κ3) is 1.66. The molecule has 0 bridgehead atoms. The molecule has 3 aromatic rings. The number of hydrogen-bond donors (Lipinski definition) is 1. The van der Waals surface area contributed by atoms with E-state index in [-0.39, 0.29) is 0 Å². The van der Waals surface area contributed by atoms with Crippen molar-refractivity contribution < 1.29 is 0 Å². The van der Waals surface area contributed by atoms with Crippen LogP contribution in [0.3, 0.4) is 0 Å². The molecule has 1 aliphatic rings. The van der Waals surface area contributed by atoms with Crippen LogP contribution in [-0.4, -0.2) is 26.4 Å². The predicted octanol–water partition coefficient (Wildman–Crippen LogP) is 1.88. The van der Waals surface area contributed by atoms with E-state index in [0.29, 0.717) is 5.92 Å². The van der Waals surface area contributed by atoms with Crippen LogP contribution in [0.2, 0.25) is 0 Å². The number of nitrogens with zero attached hydrogens (tertiary/aromatic N) is 4. The molecule has 0 aliphatic carbocycles. The quantitative estimate of drug-likeness (QED) is 0.717. The van der Waals surface area contributed by atoms with Crippen molar-refractivity contribution in [1.29, 1.82) is 0 Å². The lowest BCUT2D eigenvalue weighted by atomic mass is 9.93. The Balaban J connectivity index is 1.75. The Morgan fingerprint density at radius 3 is 3.05 bits per heavy atom. The number of para-hydroxylation sites is 1. The smallest absolute Gasteiger partial charge is 0.177 e. The van der Waals surface area contributed by atoms with Crippen LogP contribution in [0.25, 0.3) is 5.65 Å². The lowest BCUT2D eigenvalue weighted by Gasteiger charge is -2.24. The molecule has 94 valence electrons. The molecule has 1 aliphatic heterocycles. The van der Waals surface area contributed by atoms with E-state index in [4.69, 9.17) is 0 Å². The first-order valence-corrected chi connectivity index (χ1v) is 6.40. The normalized spacial score (nSPS) is 18.0. The van der Waals surface area contributed by atoms with Gasteiger partial charge in [-0.3, -0.25) is 0 Å². The molecule has 3 heterocycles. The van der Waals surface area contributed by atoms with E-state index in [1.165, 1.54) is 11.3 Å². The summed E-state index contributed by atoms with van der Waals surface area (Å²) < 4.78 is 1.83. The minimum Gasteiger partial charge on any atom is -0.384 e. The summed E-state index contributed by atoms with van der Waals surface area (Å²) in [4.78, 5) is 0. The van der Waals surface area contributed by atoms with E-state index in [0.717, 1.165) is 24.4 Å². The maximum atomic E-state index is 4.34. The number of nitrogens with one attached hydrogen (secondary N) is 1. The minimum atomic E-state index is 0.305. The van der Waals surface area contributed by atoms with E-state index < -0.39 is 0 Å². The summed E-state index contributed by atoms with van der Waals surface area (Å²) in [6.07, 6.45) is 2.74. The van der Waals surface area contributed by atoms with Gasteiger partial charge in [-0.2, -0.15) is 9.61 Å². The van der Waals surface area contributed by atoms with Gasteiger partial charge in [-0.05, 0) is 30.2 Å². The maximum absolute atomic E-state index is 4.34. The first kappa shape index (κ1) is 10.5. The summed E-state index contributed by atoms with van der Waals surface area (Å²) in [5, 5.41) is 16.3. The van der Waals surface area contributed by atoms with E-state index in [2.05, 4.69) is 44.9 Å². The van der Waals surface area contributed by atoms with Gasteiger partial charge in [0.2, 0.25) is 0 Å². The van der Waals surface area contributed by atoms with E-state index in [1.54, 1.807) is 6.20 Å². The fourth-order valence-electron chi connectivity index (χ4n) is 2.64. The predicted molar refractivity (Wildman–Crippen MR) is 72.2 cm³/mol. The molecule has 5 nitrogen and oxygen atoms in total. The molecular formula is C14H13N5. The molecule has 0 radical (unpaired) electrons. The van der Waals surface area contributed by atoms with Crippen LogP contribution in [0.1, 0.15) is 17.3 Å². The van der Waals surface area contributed by atoms with Crippen molar-refractivity contribution in [3.05, 3.63) is 54.0 Å². The topological polar surface area (TPSA) is 55.1 Å². The third-order valence-corrected chi connectivity index (χ3v) is 3.59. The van der Waals surface area contributed by atoms with Crippen LogP contribution in [0, 0.1) is 0 Å². The number of benzene rings is 1. The summed E-state index contributed by atoms with van der Waals surface area (Å²) in [6.45, 7) is 0.869. The lowest BCUT2D eigenvalue weighted by molar-refractivity contribution is 0.623. The fraction of sp³-hybridized carbons (Fsp3) is 0.214. The lowest BCUT2D eigenvalue weighted by Crippen LogP contribution is -2.23. The first-order chi connectivity index (χ1) is 9.42. The van der Waals surface area contributed by atoms with Crippen molar-refractivity contribution in [3.63, 3.8) is 0 Å². The highest BCUT2D eigenvalue weighted by molar-refractivity contribution is 5.54. The molecule has 5 heteroatoms. The second-order valence-electron chi connectivity index (χ2n) is 4.79. The monoisotopic (exact) mass is 251 g/mol. The van der Waals surface area contributed by atoms with E-state index >= 15 is 0 Å². The Bertz CT molecular complexity index is 733. The molecule has 0 saturated heterocycles. The SMILES string of the molecule is c1ccc2c(c1)CC(c1nnc3cccnn13)CN2. The summed E-state index contributed by atoms with van der Waals surface area (Å²) in [6, 6.07) is 12.2. The van der Waals surface area contributed by atoms with Crippen LogP contribution in [-0.2, 0) is 6.42 Å². The van der Waals surface area contributed by atoms with E-state index in [9.17, 15) is 0 Å². The number of rotatable bonds is 1. The molecule has 2 aromatic heterocycles. The third-order valence-electron chi connectivity index (χ3n) is 3.59. The zero-order valence-corrected chi connectivity index (χ0v) is 10.3. The van der Waals surface area contributed by atoms with Gasteiger partial charge in [0.05, 0.1) is 0 Å². The van der Waals surface area contributed by atoms with Gasteiger partial charge in [0, 0.05) is 24.3 Å². The number of hydrogen-bond acceptors (Lipinski definition) is 4. The van der Waals surface area contributed by atoms with Crippen molar-refractivity contribution >= 4 is 11.3 Å². The van der Waals surface area contributed by atoms with Crippen molar-refractivity contribution in [1.82, 2.24) is 19.8 Å². The van der Waals surface area contributed by atoms with E-state index in [1.807, 2.05) is 16.6 Å². The Hall–Kier alpha value is -2.43. The average molecular weight is 251 g/mol. The molecular weight excluding hydrogens is 238 g/mol. The second kappa shape index (κ2) is 4.05. The molecule has 19 heavy (non-hydrogen) atoms. The van der Waals surface area contributed by atoms with Gasteiger partial charge in [-0.25, -0.2) is 0 Å². The highest BCUT2D eigenvalue weighted by Gasteiger charge is 2.24. The Morgan fingerprint density at radius 1 is 1.11 bits per heavy atom. The molecule has 1 unspecified atom stereocenters. The Morgan fingerprint density at radius 2 is 2.05 bits per heavy atom. The summed E-state index contributed by atoms with van der Waals surface area (Å²) in [5.74, 6) is 1.23. The molecule has 0 amide bonds. The van der Waals surface area contributed by atoms with Gasteiger partial charge in [-0.1, -0.05) is 18.2 Å². The molecule has 0 saturated carbocycles. The largest absolute Gasteiger partial charge is 0.384 e. The standard InChI is InChI=1S/C14H13N5/c1-2-5-12-10(4-1)8-11(9-15-12)14-18-17-13-6-3-7-16-19(13)14/h1-7,11,15H,8-9H2. The van der Waals surface area contributed by atoms with Crippen LogP contribution in [0.4, 0.5) is 5.69 Å². The van der Waals surface area contributed by atoms with Crippen LogP contribution in [0.15, 0.2) is 42.6 Å². The van der Waals surface area contributed by atoms with Gasteiger partial charge in [0.1, 0.15) is 0 Å².